The van der Waals surface area contributed by atoms with Gasteiger partial charge in [0.25, 0.3) is 0 Å². The number of hydrogen-bond donors (Lipinski definition) is 2. The molecular weight excluding hydrogens is 719 g/mol. The molecule has 0 fully saturated rings. The van der Waals surface area contributed by atoms with Crippen LogP contribution >= 0.6 is 23.2 Å². The summed E-state index contributed by atoms with van der Waals surface area (Å²) < 4.78 is 14.7. The Labute approximate surface area is 319 Å². The molecule has 0 saturated heterocycles. The number of halogens is 2. The number of nitrogen functional groups attached to an aromatic ring is 2. The molecule has 0 radical (unpaired) electrons. The van der Waals surface area contributed by atoms with Gasteiger partial charge >= 0.3 is 0 Å². The number of anilines is 2. The van der Waals surface area contributed by atoms with Gasteiger partial charge in [-0.2, -0.15) is 0 Å². The predicted molar refractivity (Wildman–Crippen MR) is 216 cm³/mol. The van der Waals surface area contributed by atoms with Gasteiger partial charge in [-0.1, -0.05) is 89.9 Å². The molecule has 0 unspecified atom stereocenters. The highest BCUT2D eigenvalue weighted by Gasteiger charge is 2.20. The van der Waals surface area contributed by atoms with E-state index in [1.165, 1.54) is 0 Å². The Bertz CT molecular complexity index is 2920. The van der Waals surface area contributed by atoms with Crippen LogP contribution in [0.2, 0.25) is 10.0 Å². The lowest BCUT2D eigenvalue weighted by Crippen LogP contribution is -2.01. The normalized spacial score (nSPS) is 11.6. The summed E-state index contributed by atoms with van der Waals surface area (Å²) in [6.07, 6.45) is 4.77. The lowest BCUT2D eigenvalue weighted by molar-refractivity contribution is 0.419. The summed E-state index contributed by atoms with van der Waals surface area (Å²) >= 11 is 14.2. The van der Waals surface area contributed by atoms with E-state index in [-0.39, 0.29) is 0 Å². The van der Waals surface area contributed by atoms with Crippen LogP contribution in [0.3, 0.4) is 0 Å². The monoisotopic (exact) mass is 750 g/mol. The molecule has 5 aromatic carbocycles. The third-order valence-electron chi connectivity index (χ3n) is 9.77. The number of benzene rings is 5. The van der Waals surface area contributed by atoms with E-state index in [9.17, 15) is 0 Å². The summed E-state index contributed by atoms with van der Waals surface area (Å²) in [4.78, 5) is 19.2. The number of rotatable bonds is 8. The summed E-state index contributed by atoms with van der Waals surface area (Å²) in [6, 6.07) is 32.0. The second-order valence-electron chi connectivity index (χ2n) is 13.0. The van der Waals surface area contributed by atoms with Gasteiger partial charge in [0, 0.05) is 46.6 Å². The molecule has 12 heteroatoms. The lowest BCUT2D eigenvalue weighted by atomic mass is 9.90. The molecule has 0 atom stereocenters. The molecule has 4 heterocycles. The van der Waals surface area contributed by atoms with E-state index in [1.54, 1.807) is 18.6 Å². The first-order valence-electron chi connectivity index (χ1n) is 17.2. The van der Waals surface area contributed by atoms with Crippen LogP contribution in [0.25, 0.3) is 55.4 Å². The van der Waals surface area contributed by atoms with Crippen LogP contribution in [-0.2, 0) is 12.8 Å². The molecule has 0 saturated carbocycles. The Morgan fingerprint density at radius 2 is 1.17 bits per heavy atom. The number of para-hydroxylation sites is 2. The largest absolute Gasteiger partial charge is 0.494 e. The maximum absolute atomic E-state index is 7.31. The molecular formula is C42H32Cl2N8O2. The lowest BCUT2D eigenvalue weighted by Gasteiger charge is -2.16. The molecule has 0 aliphatic carbocycles. The van der Waals surface area contributed by atoms with Crippen molar-refractivity contribution in [3.05, 3.63) is 142 Å². The fourth-order valence-corrected chi connectivity index (χ4v) is 7.82. The number of ether oxygens (including phenoxy) is 2. The molecule has 0 spiro atoms. The SMILES string of the molecule is COc1cccc2c1nc(N)n1cc(Cc3ccc(-c4ccc(Cl)c(Cc5cn6c(N)nc7c(OC)cccc7c6n5)c4Cl)c(-c4ccccc4)c3)nc21. The molecule has 266 valence electrons. The van der Waals surface area contributed by atoms with Crippen molar-refractivity contribution in [1.29, 1.82) is 0 Å². The number of hydrogen-bond acceptors (Lipinski definition) is 8. The minimum atomic E-state index is 0.302. The first kappa shape index (κ1) is 33.5. The van der Waals surface area contributed by atoms with E-state index in [4.69, 9.17) is 54.1 Å². The van der Waals surface area contributed by atoms with Crippen LogP contribution < -0.4 is 20.9 Å². The topological polar surface area (TPSA) is 131 Å². The van der Waals surface area contributed by atoms with Crippen LogP contribution in [0.1, 0.15) is 22.5 Å². The highest BCUT2D eigenvalue weighted by Crippen LogP contribution is 2.41. The molecule has 54 heavy (non-hydrogen) atoms. The van der Waals surface area contributed by atoms with Crippen molar-refractivity contribution < 1.29 is 9.47 Å². The zero-order valence-electron chi connectivity index (χ0n) is 29.2. The summed E-state index contributed by atoms with van der Waals surface area (Å²) in [5.74, 6) is 1.91. The van der Waals surface area contributed by atoms with Gasteiger partial charge in [-0.05, 0) is 58.1 Å². The zero-order valence-corrected chi connectivity index (χ0v) is 30.7. The Morgan fingerprint density at radius 1 is 0.593 bits per heavy atom. The van der Waals surface area contributed by atoms with Crippen molar-refractivity contribution >= 4 is 68.2 Å². The Balaban J connectivity index is 1.11. The van der Waals surface area contributed by atoms with Crippen LogP contribution in [0.5, 0.6) is 11.5 Å². The average Bonchev–Trinajstić information content (AvgIpc) is 3.83. The standard InChI is InChI=1S/C42H32Cl2N8O2/c1-53-34-12-6-10-29-37(34)49-41(45)51-21-25(47-39(29)51)18-23-14-15-27(31(19-23)24-8-4-3-5-9-24)28-16-17-33(43)32(36(28)44)20-26-22-52-40(48-26)30-11-7-13-35(54-2)38(30)50-42(52)46/h3-17,19,21-22H,18,20H2,1-2H3,(H2,45,49)(H2,46,50). The fourth-order valence-electron chi connectivity index (χ4n) is 7.21. The summed E-state index contributed by atoms with van der Waals surface area (Å²) in [7, 11) is 3.23. The molecule has 0 amide bonds. The predicted octanol–water partition coefficient (Wildman–Crippen LogP) is 9.08. The third-order valence-corrected chi connectivity index (χ3v) is 10.6. The van der Waals surface area contributed by atoms with E-state index >= 15 is 0 Å². The van der Waals surface area contributed by atoms with E-state index in [1.807, 2.05) is 83.5 Å². The van der Waals surface area contributed by atoms with Crippen molar-refractivity contribution in [2.24, 2.45) is 0 Å². The van der Waals surface area contributed by atoms with Gasteiger partial charge in [0.1, 0.15) is 33.8 Å². The maximum Gasteiger partial charge on any atom is 0.206 e. The molecule has 0 bridgehead atoms. The minimum absolute atomic E-state index is 0.302. The summed E-state index contributed by atoms with van der Waals surface area (Å²) in [5.41, 5.74) is 22.8. The van der Waals surface area contributed by atoms with E-state index in [0.717, 1.165) is 61.2 Å². The van der Waals surface area contributed by atoms with Crippen molar-refractivity contribution in [3.63, 3.8) is 0 Å². The van der Waals surface area contributed by atoms with Crippen LogP contribution in [0.15, 0.2) is 109 Å². The molecule has 9 aromatic rings. The molecule has 0 aliphatic rings. The number of fused-ring (bicyclic) bond motifs is 6. The van der Waals surface area contributed by atoms with Gasteiger partial charge in [0.05, 0.1) is 30.6 Å². The summed E-state index contributed by atoms with van der Waals surface area (Å²) in [5, 5.41) is 2.78. The minimum Gasteiger partial charge on any atom is -0.494 e. The molecule has 9 rings (SSSR count). The first-order valence-corrected chi connectivity index (χ1v) is 17.9. The Morgan fingerprint density at radius 3 is 1.76 bits per heavy atom. The second-order valence-corrected chi connectivity index (χ2v) is 13.8. The van der Waals surface area contributed by atoms with Gasteiger partial charge in [-0.25, -0.2) is 19.9 Å². The van der Waals surface area contributed by atoms with Crippen molar-refractivity contribution in [2.45, 2.75) is 12.8 Å². The number of nitrogens with two attached hydrogens (primary N) is 2. The van der Waals surface area contributed by atoms with E-state index < -0.39 is 0 Å². The van der Waals surface area contributed by atoms with E-state index in [2.05, 4.69) is 40.3 Å². The number of aromatic nitrogens is 6. The summed E-state index contributed by atoms with van der Waals surface area (Å²) in [6.45, 7) is 0. The third kappa shape index (κ3) is 5.58. The highest BCUT2D eigenvalue weighted by molar-refractivity contribution is 6.38. The van der Waals surface area contributed by atoms with Crippen molar-refractivity contribution in [2.75, 3.05) is 25.7 Å². The van der Waals surface area contributed by atoms with Gasteiger partial charge in [-0.15, -0.1) is 0 Å². The Hall–Kier alpha value is -6.36. The van der Waals surface area contributed by atoms with Gasteiger partial charge in [0.15, 0.2) is 0 Å². The maximum atomic E-state index is 7.31. The van der Waals surface area contributed by atoms with Crippen molar-refractivity contribution in [1.82, 2.24) is 28.7 Å². The second kappa shape index (κ2) is 13.2. The molecule has 0 aliphatic heterocycles. The Kier molecular flexibility index (Phi) is 8.21. The fraction of sp³-hybridized carbons (Fsp3) is 0.0952. The number of methoxy groups -OCH3 is 2. The van der Waals surface area contributed by atoms with Crippen LogP contribution in [0.4, 0.5) is 11.9 Å². The molecule has 4 N–H and O–H groups in total. The number of imidazole rings is 2. The van der Waals surface area contributed by atoms with Crippen LogP contribution in [-0.4, -0.2) is 43.0 Å². The molecule has 10 nitrogen and oxygen atoms in total. The molecule has 4 aromatic heterocycles. The first-order chi connectivity index (χ1) is 26.3. The van der Waals surface area contributed by atoms with E-state index in [0.29, 0.717) is 63.0 Å². The van der Waals surface area contributed by atoms with Crippen molar-refractivity contribution in [3.8, 4) is 33.8 Å². The smallest absolute Gasteiger partial charge is 0.206 e. The quantitative estimate of drug-likeness (QED) is 0.157. The van der Waals surface area contributed by atoms with Gasteiger partial charge in [0.2, 0.25) is 11.9 Å². The van der Waals surface area contributed by atoms with Gasteiger partial charge < -0.3 is 20.9 Å². The zero-order chi connectivity index (χ0) is 37.1. The van der Waals surface area contributed by atoms with Gasteiger partial charge in [-0.3, -0.25) is 8.80 Å². The van der Waals surface area contributed by atoms with Crippen LogP contribution in [0, 0.1) is 0 Å². The average molecular weight is 752 g/mol. The highest BCUT2D eigenvalue weighted by atomic mass is 35.5. The number of nitrogens with zero attached hydrogens (tertiary/aromatic N) is 6.